The van der Waals surface area contributed by atoms with Crippen LogP contribution >= 0.6 is 15.9 Å². The van der Waals surface area contributed by atoms with Crippen LogP contribution in [0, 0.1) is 0 Å². The molecule has 0 atom stereocenters. The maximum absolute atomic E-state index is 12.3. The van der Waals surface area contributed by atoms with Crippen LogP contribution < -0.4 is 5.32 Å². The fourth-order valence-electron chi connectivity index (χ4n) is 2.74. The molecule has 0 aromatic heterocycles. The van der Waals surface area contributed by atoms with Crippen molar-refractivity contribution in [1.29, 1.82) is 0 Å². The van der Waals surface area contributed by atoms with Crippen LogP contribution in [0.4, 0.5) is 5.69 Å². The molecular formula is C18H17BrN2O2. The molecule has 2 amide bonds. The molecule has 0 bridgehead atoms. The van der Waals surface area contributed by atoms with Crippen LogP contribution in [0.2, 0.25) is 0 Å². The Morgan fingerprint density at radius 2 is 1.96 bits per heavy atom. The molecular weight excluding hydrogens is 356 g/mol. The van der Waals surface area contributed by atoms with Gasteiger partial charge < -0.3 is 10.2 Å². The second-order valence-electron chi connectivity index (χ2n) is 5.64. The highest BCUT2D eigenvalue weighted by molar-refractivity contribution is 9.10. The third kappa shape index (κ3) is 3.62. The summed E-state index contributed by atoms with van der Waals surface area (Å²) in [6.07, 6.45) is 0.856. The molecule has 118 valence electrons. The van der Waals surface area contributed by atoms with E-state index in [1.54, 1.807) is 19.1 Å². The van der Waals surface area contributed by atoms with Gasteiger partial charge in [0.1, 0.15) is 0 Å². The van der Waals surface area contributed by atoms with Crippen molar-refractivity contribution >= 4 is 33.4 Å². The normalized spacial score (nSPS) is 13.4. The van der Waals surface area contributed by atoms with Crippen LogP contribution in [-0.4, -0.2) is 23.3 Å². The molecule has 2 aromatic rings. The number of nitrogens with zero attached hydrogens (tertiary/aromatic N) is 1. The van der Waals surface area contributed by atoms with Gasteiger partial charge in [0.2, 0.25) is 5.91 Å². The zero-order valence-electron chi connectivity index (χ0n) is 12.8. The third-order valence-electron chi connectivity index (χ3n) is 4.01. The number of anilines is 1. The lowest BCUT2D eigenvalue weighted by atomic mass is 9.99. The van der Waals surface area contributed by atoms with E-state index in [1.807, 2.05) is 35.2 Å². The Kier molecular flexibility index (Phi) is 4.48. The van der Waals surface area contributed by atoms with Crippen molar-refractivity contribution in [3.63, 3.8) is 0 Å². The molecule has 0 unspecified atom stereocenters. The molecule has 0 spiro atoms. The number of hydrogen-bond donors (Lipinski definition) is 1. The Balaban J connectivity index is 1.78. The molecule has 2 aromatic carbocycles. The van der Waals surface area contributed by atoms with Crippen molar-refractivity contribution in [2.45, 2.75) is 19.9 Å². The molecule has 1 heterocycles. The van der Waals surface area contributed by atoms with E-state index >= 15 is 0 Å². The lowest BCUT2D eigenvalue weighted by Gasteiger charge is -2.28. The van der Waals surface area contributed by atoms with Crippen LogP contribution in [-0.2, 0) is 17.8 Å². The standard InChI is InChI=1S/C18H17BrN2O2/c1-12(22)21-8-7-13-5-6-17(10-15(13)11-21)20-18(23)14-3-2-4-16(19)9-14/h2-6,9-10H,7-8,11H2,1H3,(H,20,23). The topological polar surface area (TPSA) is 49.4 Å². The largest absolute Gasteiger partial charge is 0.338 e. The average Bonchev–Trinajstić information content (AvgIpc) is 2.54. The SMILES string of the molecule is CC(=O)N1CCc2ccc(NC(=O)c3cccc(Br)c3)cc2C1. The van der Waals surface area contributed by atoms with E-state index in [0.717, 1.165) is 28.7 Å². The minimum Gasteiger partial charge on any atom is -0.338 e. The second kappa shape index (κ2) is 6.54. The Hall–Kier alpha value is -2.14. The first-order chi connectivity index (χ1) is 11.0. The van der Waals surface area contributed by atoms with Gasteiger partial charge in [0, 0.05) is 35.7 Å². The molecule has 0 radical (unpaired) electrons. The van der Waals surface area contributed by atoms with E-state index in [4.69, 9.17) is 0 Å². The summed E-state index contributed by atoms with van der Waals surface area (Å²) in [4.78, 5) is 25.7. The lowest BCUT2D eigenvalue weighted by Crippen LogP contribution is -2.34. The third-order valence-corrected chi connectivity index (χ3v) is 4.50. The highest BCUT2D eigenvalue weighted by atomic mass is 79.9. The van der Waals surface area contributed by atoms with Gasteiger partial charge in [-0.25, -0.2) is 0 Å². The summed E-state index contributed by atoms with van der Waals surface area (Å²) in [5.41, 5.74) is 3.68. The molecule has 5 heteroatoms. The van der Waals surface area contributed by atoms with Gasteiger partial charge in [-0.15, -0.1) is 0 Å². The molecule has 23 heavy (non-hydrogen) atoms. The van der Waals surface area contributed by atoms with Gasteiger partial charge in [0.15, 0.2) is 0 Å². The Morgan fingerprint density at radius 1 is 1.13 bits per heavy atom. The van der Waals surface area contributed by atoms with Gasteiger partial charge in [0.25, 0.3) is 5.91 Å². The van der Waals surface area contributed by atoms with Crippen LogP contribution in [0.25, 0.3) is 0 Å². The molecule has 0 saturated carbocycles. The van der Waals surface area contributed by atoms with Gasteiger partial charge >= 0.3 is 0 Å². The van der Waals surface area contributed by atoms with E-state index in [9.17, 15) is 9.59 Å². The number of carbonyl (C=O) groups excluding carboxylic acids is 2. The maximum Gasteiger partial charge on any atom is 0.255 e. The Labute approximate surface area is 143 Å². The van der Waals surface area contributed by atoms with Crippen LogP contribution in [0.5, 0.6) is 0 Å². The van der Waals surface area contributed by atoms with Crippen LogP contribution in [0.1, 0.15) is 28.4 Å². The van der Waals surface area contributed by atoms with Gasteiger partial charge in [-0.2, -0.15) is 0 Å². The first-order valence-electron chi connectivity index (χ1n) is 7.47. The number of fused-ring (bicyclic) bond motifs is 1. The van der Waals surface area contributed by atoms with Gasteiger partial charge in [-0.1, -0.05) is 28.1 Å². The fraction of sp³-hybridized carbons (Fsp3) is 0.222. The molecule has 4 nitrogen and oxygen atoms in total. The Morgan fingerprint density at radius 3 is 2.70 bits per heavy atom. The first kappa shape index (κ1) is 15.7. The molecule has 1 aliphatic rings. The van der Waals surface area contributed by atoms with Gasteiger partial charge in [-0.3, -0.25) is 9.59 Å². The van der Waals surface area contributed by atoms with Crippen LogP contribution in [0.15, 0.2) is 46.9 Å². The average molecular weight is 373 g/mol. The summed E-state index contributed by atoms with van der Waals surface area (Å²) in [5.74, 6) is -0.0651. The molecule has 0 saturated heterocycles. The predicted molar refractivity (Wildman–Crippen MR) is 93.3 cm³/mol. The summed E-state index contributed by atoms with van der Waals surface area (Å²) >= 11 is 3.37. The first-order valence-corrected chi connectivity index (χ1v) is 8.26. The number of nitrogens with one attached hydrogen (secondary N) is 1. The fourth-order valence-corrected chi connectivity index (χ4v) is 3.14. The van der Waals surface area contributed by atoms with E-state index in [0.29, 0.717) is 12.1 Å². The molecule has 1 N–H and O–H groups in total. The molecule has 0 fully saturated rings. The van der Waals surface area contributed by atoms with E-state index in [2.05, 4.69) is 21.2 Å². The van der Waals surface area contributed by atoms with Crippen molar-refractivity contribution in [2.24, 2.45) is 0 Å². The molecule has 0 aliphatic carbocycles. The summed E-state index contributed by atoms with van der Waals surface area (Å²) in [5, 5.41) is 2.92. The number of rotatable bonds is 2. The van der Waals surface area contributed by atoms with Crippen molar-refractivity contribution in [3.05, 3.63) is 63.6 Å². The summed E-state index contributed by atoms with van der Waals surface area (Å²) in [7, 11) is 0. The number of benzene rings is 2. The highest BCUT2D eigenvalue weighted by Gasteiger charge is 2.18. The minimum atomic E-state index is -0.148. The zero-order chi connectivity index (χ0) is 16.4. The molecule has 3 rings (SSSR count). The van der Waals surface area contributed by atoms with E-state index in [-0.39, 0.29) is 11.8 Å². The monoisotopic (exact) mass is 372 g/mol. The van der Waals surface area contributed by atoms with Crippen molar-refractivity contribution < 1.29 is 9.59 Å². The second-order valence-corrected chi connectivity index (χ2v) is 6.55. The summed E-state index contributed by atoms with van der Waals surface area (Å²) in [6.45, 7) is 2.95. The predicted octanol–water partition coefficient (Wildman–Crippen LogP) is 3.61. The van der Waals surface area contributed by atoms with Crippen LogP contribution in [0.3, 0.4) is 0 Å². The minimum absolute atomic E-state index is 0.0826. The number of halogens is 1. The maximum atomic E-state index is 12.3. The Bertz CT molecular complexity index is 773. The van der Waals surface area contributed by atoms with Crippen molar-refractivity contribution in [3.8, 4) is 0 Å². The number of amides is 2. The van der Waals surface area contributed by atoms with E-state index in [1.165, 1.54) is 5.56 Å². The highest BCUT2D eigenvalue weighted by Crippen LogP contribution is 2.23. The smallest absolute Gasteiger partial charge is 0.255 e. The summed E-state index contributed by atoms with van der Waals surface area (Å²) < 4.78 is 0.868. The summed E-state index contributed by atoms with van der Waals surface area (Å²) in [6, 6.07) is 13.2. The van der Waals surface area contributed by atoms with E-state index < -0.39 is 0 Å². The zero-order valence-corrected chi connectivity index (χ0v) is 14.4. The number of hydrogen-bond acceptors (Lipinski definition) is 2. The van der Waals surface area contributed by atoms with Gasteiger partial charge in [-0.05, 0) is 47.9 Å². The van der Waals surface area contributed by atoms with Crippen molar-refractivity contribution in [1.82, 2.24) is 4.90 Å². The van der Waals surface area contributed by atoms with Crippen molar-refractivity contribution in [2.75, 3.05) is 11.9 Å². The molecule has 1 aliphatic heterocycles. The lowest BCUT2D eigenvalue weighted by molar-refractivity contribution is -0.129. The number of carbonyl (C=O) groups is 2. The quantitative estimate of drug-likeness (QED) is 0.875. The van der Waals surface area contributed by atoms with Gasteiger partial charge in [0.05, 0.1) is 0 Å².